The highest BCUT2D eigenvalue weighted by atomic mass is 35.5. The average Bonchev–Trinajstić information content (AvgIpc) is 2.67. The first-order chi connectivity index (χ1) is 8.95. The van der Waals surface area contributed by atoms with Crippen molar-refractivity contribution in [3.8, 4) is 0 Å². The minimum absolute atomic E-state index is 0. The van der Waals surface area contributed by atoms with Gasteiger partial charge in [0.05, 0.1) is 5.56 Å². The maximum absolute atomic E-state index is 12.0. The summed E-state index contributed by atoms with van der Waals surface area (Å²) in [5.41, 5.74) is 5.41. The summed E-state index contributed by atoms with van der Waals surface area (Å²) >= 11 is 0. The lowest BCUT2D eigenvalue weighted by atomic mass is 10.1. The Morgan fingerprint density at radius 3 is 2.38 bits per heavy atom. The van der Waals surface area contributed by atoms with Gasteiger partial charge in [-0.2, -0.15) is 0 Å². The first-order valence-corrected chi connectivity index (χ1v) is 7.49. The molecule has 0 aromatic carbocycles. The Morgan fingerprint density at radius 1 is 1.43 bits per heavy atom. The van der Waals surface area contributed by atoms with Crippen molar-refractivity contribution in [2.45, 2.75) is 31.4 Å². The van der Waals surface area contributed by atoms with Crippen LogP contribution in [0.4, 0.5) is 0 Å². The van der Waals surface area contributed by atoms with Gasteiger partial charge < -0.3 is 15.5 Å². The minimum atomic E-state index is -3.69. The number of nitrogens with one attached hydrogen (secondary N) is 1. The zero-order valence-corrected chi connectivity index (χ0v) is 14.4. The fourth-order valence-corrected chi connectivity index (χ4v) is 2.25. The first kappa shape index (κ1) is 19.9. The van der Waals surface area contributed by atoms with Crippen LogP contribution in [-0.2, 0) is 10.0 Å². The van der Waals surface area contributed by atoms with Crippen molar-refractivity contribution in [2.24, 2.45) is 5.73 Å². The van der Waals surface area contributed by atoms with E-state index in [0.717, 1.165) is 4.31 Å². The number of furan rings is 1. The van der Waals surface area contributed by atoms with Gasteiger partial charge in [-0.1, -0.05) is 0 Å². The molecule has 21 heavy (non-hydrogen) atoms. The van der Waals surface area contributed by atoms with Gasteiger partial charge in [0.1, 0.15) is 5.76 Å². The molecule has 0 saturated heterocycles. The Labute approximate surface area is 131 Å². The molecule has 0 saturated carbocycles. The van der Waals surface area contributed by atoms with Gasteiger partial charge in [0, 0.05) is 32.2 Å². The predicted octanol–water partition coefficient (Wildman–Crippen LogP) is 0.727. The van der Waals surface area contributed by atoms with E-state index < -0.39 is 21.5 Å². The van der Waals surface area contributed by atoms with Gasteiger partial charge in [-0.05, 0) is 20.8 Å². The number of amides is 1. The van der Waals surface area contributed by atoms with Crippen LogP contribution < -0.4 is 11.1 Å². The molecule has 3 N–H and O–H groups in total. The van der Waals surface area contributed by atoms with E-state index in [4.69, 9.17) is 10.2 Å². The maximum atomic E-state index is 12.0. The Balaban J connectivity index is 0.00000400. The first-order valence-electron chi connectivity index (χ1n) is 6.05. The SMILES string of the molecule is Cc1oc(S(=O)(=O)N(C)C)cc1C(=O)NCC(C)(C)N.Cl. The molecule has 122 valence electrons. The highest BCUT2D eigenvalue weighted by Crippen LogP contribution is 2.21. The summed E-state index contributed by atoms with van der Waals surface area (Å²) in [4.78, 5) is 12.0. The van der Waals surface area contributed by atoms with Crippen LogP contribution in [-0.4, -0.2) is 44.8 Å². The van der Waals surface area contributed by atoms with E-state index in [1.165, 1.54) is 27.1 Å². The van der Waals surface area contributed by atoms with Crippen molar-refractivity contribution in [3.05, 3.63) is 17.4 Å². The summed E-state index contributed by atoms with van der Waals surface area (Å²) in [7, 11) is -0.908. The molecule has 0 aliphatic rings. The molecule has 1 aromatic heterocycles. The summed E-state index contributed by atoms with van der Waals surface area (Å²) in [6.45, 7) is 5.36. The molecule has 0 bridgehead atoms. The molecule has 1 amide bonds. The van der Waals surface area contributed by atoms with Gasteiger partial charge in [-0.25, -0.2) is 12.7 Å². The van der Waals surface area contributed by atoms with Crippen molar-refractivity contribution in [2.75, 3.05) is 20.6 Å². The number of hydrogen-bond acceptors (Lipinski definition) is 5. The van der Waals surface area contributed by atoms with Crippen LogP contribution in [0.3, 0.4) is 0 Å². The van der Waals surface area contributed by atoms with Gasteiger partial charge >= 0.3 is 0 Å². The third-order valence-electron chi connectivity index (χ3n) is 2.58. The van der Waals surface area contributed by atoms with Gasteiger partial charge in [0.25, 0.3) is 15.9 Å². The maximum Gasteiger partial charge on any atom is 0.275 e. The van der Waals surface area contributed by atoms with Crippen LogP contribution in [0, 0.1) is 6.92 Å². The van der Waals surface area contributed by atoms with Crippen LogP contribution in [0.1, 0.15) is 30.0 Å². The Bertz CT molecular complexity index is 603. The van der Waals surface area contributed by atoms with Crippen LogP contribution >= 0.6 is 12.4 Å². The number of halogens is 1. The monoisotopic (exact) mass is 339 g/mol. The summed E-state index contributed by atoms with van der Waals surface area (Å²) in [5, 5.41) is 2.39. The Morgan fingerprint density at radius 2 is 1.95 bits per heavy atom. The van der Waals surface area contributed by atoms with E-state index in [0.29, 0.717) is 0 Å². The Hall–Kier alpha value is -1.09. The van der Waals surface area contributed by atoms with Gasteiger partial charge in [0.15, 0.2) is 0 Å². The zero-order chi connectivity index (χ0) is 15.7. The summed E-state index contributed by atoms with van der Waals surface area (Å²) in [5.74, 6) is -0.164. The summed E-state index contributed by atoms with van der Waals surface area (Å²) in [6, 6.07) is 1.23. The predicted molar refractivity (Wildman–Crippen MR) is 82.2 cm³/mol. The second-order valence-corrected chi connectivity index (χ2v) is 7.58. The lowest BCUT2D eigenvalue weighted by Crippen LogP contribution is -2.45. The lowest BCUT2D eigenvalue weighted by Gasteiger charge is -2.18. The number of nitrogens with two attached hydrogens (primary N) is 1. The number of nitrogens with zero attached hydrogens (tertiary/aromatic N) is 1. The smallest absolute Gasteiger partial charge is 0.275 e. The third-order valence-corrected chi connectivity index (χ3v) is 4.25. The van der Waals surface area contributed by atoms with E-state index in [1.807, 2.05) is 0 Å². The molecule has 0 radical (unpaired) electrons. The number of rotatable bonds is 5. The average molecular weight is 340 g/mol. The lowest BCUT2D eigenvalue weighted by molar-refractivity contribution is 0.0944. The van der Waals surface area contributed by atoms with E-state index >= 15 is 0 Å². The molecule has 1 rings (SSSR count). The number of carbonyl (C=O) groups is 1. The van der Waals surface area contributed by atoms with Gasteiger partial charge in [-0.3, -0.25) is 4.79 Å². The molecule has 0 spiro atoms. The second kappa shape index (κ2) is 6.78. The fraction of sp³-hybridized carbons (Fsp3) is 0.583. The number of carbonyl (C=O) groups excluding carboxylic acids is 1. The topological polar surface area (TPSA) is 106 Å². The Kier molecular flexibility index (Phi) is 6.43. The zero-order valence-electron chi connectivity index (χ0n) is 12.8. The van der Waals surface area contributed by atoms with Crippen LogP contribution in [0.15, 0.2) is 15.6 Å². The molecule has 0 fully saturated rings. The van der Waals surface area contributed by atoms with E-state index in [-0.39, 0.29) is 35.4 Å². The van der Waals surface area contributed by atoms with Crippen LogP contribution in [0.25, 0.3) is 0 Å². The molecule has 1 heterocycles. The fourth-order valence-electron chi connectivity index (χ4n) is 1.39. The molecular formula is C12H22ClN3O4S. The van der Waals surface area contributed by atoms with Crippen LogP contribution in [0.2, 0.25) is 0 Å². The summed E-state index contributed by atoms with van der Waals surface area (Å²) < 4.78 is 30.0. The molecule has 7 nitrogen and oxygen atoms in total. The van der Waals surface area contributed by atoms with Gasteiger partial charge in [-0.15, -0.1) is 12.4 Å². The van der Waals surface area contributed by atoms with E-state index in [2.05, 4.69) is 5.32 Å². The van der Waals surface area contributed by atoms with Gasteiger partial charge in [0.2, 0.25) is 5.09 Å². The van der Waals surface area contributed by atoms with Crippen molar-refractivity contribution >= 4 is 28.3 Å². The molecule has 1 aromatic rings. The normalized spacial score (nSPS) is 12.1. The van der Waals surface area contributed by atoms with Crippen LogP contribution in [0.5, 0.6) is 0 Å². The number of aryl methyl sites for hydroxylation is 1. The molecule has 0 aliphatic carbocycles. The molecule has 0 aliphatic heterocycles. The quantitative estimate of drug-likeness (QED) is 0.822. The number of sulfonamides is 1. The van der Waals surface area contributed by atoms with Crippen molar-refractivity contribution in [1.82, 2.24) is 9.62 Å². The number of hydrogen-bond donors (Lipinski definition) is 2. The molecule has 9 heteroatoms. The highest BCUT2D eigenvalue weighted by Gasteiger charge is 2.26. The molecule has 0 atom stereocenters. The standard InChI is InChI=1S/C12H21N3O4S.ClH/c1-8-9(11(16)14-7-12(2,3)13)6-10(19-8)20(17,18)15(4)5;/h6H,7,13H2,1-5H3,(H,14,16);1H. The van der Waals surface area contributed by atoms with E-state index in [1.54, 1.807) is 13.8 Å². The molecular weight excluding hydrogens is 318 g/mol. The second-order valence-electron chi connectivity index (χ2n) is 5.49. The van der Waals surface area contributed by atoms with Crippen molar-refractivity contribution < 1.29 is 17.6 Å². The van der Waals surface area contributed by atoms with Crippen molar-refractivity contribution in [3.63, 3.8) is 0 Å². The van der Waals surface area contributed by atoms with E-state index in [9.17, 15) is 13.2 Å². The third kappa shape index (κ3) is 4.99. The largest absolute Gasteiger partial charge is 0.448 e. The van der Waals surface area contributed by atoms with Crippen molar-refractivity contribution in [1.29, 1.82) is 0 Å². The highest BCUT2D eigenvalue weighted by molar-refractivity contribution is 7.88. The summed E-state index contributed by atoms with van der Waals surface area (Å²) in [6.07, 6.45) is 0. The molecule has 0 unspecified atom stereocenters. The minimum Gasteiger partial charge on any atom is -0.448 e.